The Bertz CT molecular complexity index is 1030. The Labute approximate surface area is 181 Å². The van der Waals surface area contributed by atoms with Gasteiger partial charge in [0.05, 0.1) is 13.2 Å². The van der Waals surface area contributed by atoms with Crippen LogP contribution >= 0.6 is 0 Å². The van der Waals surface area contributed by atoms with Gasteiger partial charge in [-0.15, -0.1) is 10.2 Å². The number of hydrogen-bond donors (Lipinski definition) is 0. The average molecular weight is 422 g/mol. The van der Waals surface area contributed by atoms with Gasteiger partial charge in [0.15, 0.2) is 11.5 Å². The fraction of sp³-hybridized carbons (Fsp3) is 0.391. The van der Waals surface area contributed by atoms with Crippen molar-refractivity contribution in [2.75, 3.05) is 40.1 Å². The summed E-state index contributed by atoms with van der Waals surface area (Å²) in [5.41, 5.74) is 2.13. The standard InChI is InChI=1S/C23H26N4O4/c1-16(22-24-25-23(31-22)18-4-6-19(28-2)7-5-18)27-11-9-26(10-12-27)14-17-3-8-20-21(13-17)30-15-29-20/h3-8,13,16H,9-12,14-15H2,1-2H3/t16-/m1/s1. The number of methoxy groups -OCH3 is 1. The first-order valence-corrected chi connectivity index (χ1v) is 10.5. The maximum absolute atomic E-state index is 5.98. The van der Waals surface area contributed by atoms with Crippen LogP contribution in [0.2, 0.25) is 0 Å². The fourth-order valence-corrected chi connectivity index (χ4v) is 4.02. The van der Waals surface area contributed by atoms with Crippen LogP contribution in [0.1, 0.15) is 24.4 Å². The van der Waals surface area contributed by atoms with Gasteiger partial charge in [-0.05, 0) is 48.9 Å². The second-order valence-corrected chi connectivity index (χ2v) is 7.85. The molecule has 2 aliphatic heterocycles. The van der Waals surface area contributed by atoms with Crippen LogP contribution in [0.5, 0.6) is 17.2 Å². The fourth-order valence-electron chi connectivity index (χ4n) is 4.02. The average Bonchev–Trinajstić information content (AvgIpc) is 3.49. The molecule has 162 valence electrons. The van der Waals surface area contributed by atoms with E-state index < -0.39 is 0 Å². The third-order valence-electron chi connectivity index (χ3n) is 5.93. The van der Waals surface area contributed by atoms with Crippen molar-refractivity contribution < 1.29 is 18.6 Å². The molecule has 5 rings (SSSR count). The zero-order chi connectivity index (χ0) is 21.2. The predicted molar refractivity (Wildman–Crippen MR) is 114 cm³/mol. The molecule has 0 amide bonds. The quantitative estimate of drug-likeness (QED) is 0.599. The van der Waals surface area contributed by atoms with Crippen LogP contribution in [0.4, 0.5) is 0 Å². The van der Waals surface area contributed by atoms with E-state index in [0.29, 0.717) is 18.6 Å². The summed E-state index contributed by atoms with van der Waals surface area (Å²) in [6.45, 7) is 7.21. The summed E-state index contributed by atoms with van der Waals surface area (Å²) < 4.78 is 22.1. The van der Waals surface area contributed by atoms with Crippen LogP contribution in [0.15, 0.2) is 46.9 Å². The summed E-state index contributed by atoms with van der Waals surface area (Å²) in [4.78, 5) is 4.85. The zero-order valence-electron chi connectivity index (χ0n) is 17.8. The third kappa shape index (κ3) is 4.22. The minimum absolute atomic E-state index is 0.0761. The van der Waals surface area contributed by atoms with Crippen molar-refractivity contribution in [2.45, 2.75) is 19.5 Å². The van der Waals surface area contributed by atoms with Crippen molar-refractivity contribution in [3.8, 4) is 28.7 Å². The molecule has 1 aromatic heterocycles. The van der Waals surface area contributed by atoms with Gasteiger partial charge in [-0.2, -0.15) is 0 Å². The largest absolute Gasteiger partial charge is 0.497 e. The smallest absolute Gasteiger partial charge is 0.247 e. The van der Waals surface area contributed by atoms with Crippen LogP contribution in [0.3, 0.4) is 0 Å². The van der Waals surface area contributed by atoms with E-state index in [2.05, 4.69) is 39.1 Å². The van der Waals surface area contributed by atoms with Crippen molar-refractivity contribution in [1.29, 1.82) is 0 Å². The molecule has 1 fully saturated rings. The first kappa shape index (κ1) is 19.8. The molecule has 0 radical (unpaired) electrons. The molecule has 31 heavy (non-hydrogen) atoms. The van der Waals surface area contributed by atoms with Gasteiger partial charge in [0.2, 0.25) is 18.6 Å². The first-order chi connectivity index (χ1) is 15.2. The Morgan fingerprint density at radius 2 is 1.74 bits per heavy atom. The van der Waals surface area contributed by atoms with Crippen LogP contribution in [-0.2, 0) is 6.54 Å². The van der Waals surface area contributed by atoms with Gasteiger partial charge < -0.3 is 18.6 Å². The molecule has 8 heteroatoms. The van der Waals surface area contributed by atoms with E-state index in [1.807, 2.05) is 30.3 Å². The van der Waals surface area contributed by atoms with E-state index in [4.69, 9.17) is 18.6 Å². The van der Waals surface area contributed by atoms with E-state index in [-0.39, 0.29) is 6.04 Å². The molecule has 0 aliphatic carbocycles. The number of aromatic nitrogens is 2. The number of rotatable bonds is 6. The Morgan fingerprint density at radius 1 is 0.968 bits per heavy atom. The molecular weight excluding hydrogens is 396 g/mol. The Hall–Kier alpha value is -3.10. The molecule has 3 heterocycles. The Balaban J connectivity index is 1.17. The van der Waals surface area contributed by atoms with Crippen LogP contribution < -0.4 is 14.2 Å². The normalized spacial score (nSPS) is 17.6. The third-order valence-corrected chi connectivity index (χ3v) is 5.93. The van der Waals surface area contributed by atoms with Gasteiger partial charge in [0, 0.05) is 38.3 Å². The highest BCUT2D eigenvalue weighted by atomic mass is 16.7. The molecule has 0 saturated carbocycles. The van der Waals surface area contributed by atoms with E-state index >= 15 is 0 Å². The summed E-state index contributed by atoms with van der Waals surface area (Å²) >= 11 is 0. The molecule has 1 saturated heterocycles. The number of piperazine rings is 1. The highest BCUT2D eigenvalue weighted by molar-refractivity contribution is 5.54. The molecule has 0 unspecified atom stereocenters. The minimum atomic E-state index is 0.0761. The second-order valence-electron chi connectivity index (χ2n) is 7.85. The van der Waals surface area contributed by atoms with Crippen molar-refractivity contribution in [2.24, 2.45) is 0 Å². The molecule has 0 spiro atoms. The van der Waals surface area contributed by atoms with Crippen molar-refractivity contribution in [3.63, 3.8) is 0 Å². The summed E-state index contributed by atoms with van der Waals surface area (Å²) in [6.07, 6.45) is 0. The van der Waals surface area contributed by atoms with Crippen molar-refractivity contribution in [1.82, 2.24) is 20.0 Å². The van der Waals surface area contributed by atoms with Gasteiger partial charge >= 0.3 is 0 Å². The van der Waals surface area contributed by atoms with Crippen LogP contribution in [0.25, 0.3) is 11.5 Å². The predicted octanol–water partition coefficient (Wildman–Crippen LogP) is 3.35. The van der Waals surface area contributed by atoms with Gasteiger partial charge in [-0.3, -0.25) is 9.80 Å². The van der Waals surface area contributed by atoms with E-state index in [0.717, 1.165) is 55.5 Å². The van der Waals surface area contributed by atoms with Gasteiger partial charge in [0.25, 0.3) is 0 Å². The van der Waals surface area contributed by atoms with Crippen LogP contribution in [0, 0.1) is 0 Å². The summed E-state index contributed by atoms with van der Waals surface area (Å²) in [7, 11) is 1.65. The maximum atomic E-state index is 5.98. The summed E-state index contributed by atoms with van der Waals surface area (Å²) in [6, 6.07) is 13.9. The number of benzene rings is 2. The van der Waals surface area contributed by atoms with E-state index in [1.54, 1.807) is 7.11 Å². The van der Waals surface area contributed by atoms with Gasteiger partial charge in [-0.1, -0.05) is 6.07 Å². The van der Waals surface area contributed by atoms with Crippen molar-refractivity contribution >= 4 is 0 Å². The zero-order valence-corrected chi connectivity index (χ0v) is 17.8. The summed E-state index contributed by atoms with van der Waals surface area (Å²) in [5, 5.41) is 8.54. The lowest BCUT2D eigenvalue weighted by atomic mass is 10.1. The molecule has 0 N–H and O–H groups in total. The lowest BCUT2D eigenvalue weighted by Gasteiger charge is -2.36. The molecule has 8 nitrogen and oxygen atoms in total. The lowest BCUT2D eigenvalue weighted by molar-refractivity contribution is 0.0875. The second kappa shape index (κ2) is 8.56. The highest BCUT2D eigenvalue weighted by Gasteiger charge is 2.26. The number of ether oxygens (including phenoxy) is 3. The van der Waals surface area contributed by atoms with Crippen molar-refractivity contribution in [3.05, 3.63) is 53.9 Å². The SMILES string of the molecule is COc1ccc(-c2nnc([C@@H](C)N3CCN(Cc4ccc5c(c4)OCO5)CC3)o2)cc1. The molecule has 0 bridgehead atoms. The van der Waals surface area contributed by atoms with E-state index in [1.165, 1.54) is 5.56 Å². The lowest BCUT2D eigenvalue weighted by Crippen LogP contribution is -2.46. The summed E-state index contributed by atoms with van der Waals surface area (Å²) in [5.74, 6) is 3.65. The minimum Gasteiger partial charge on any atom is -0.497 e. The Morgan fingerprint density at radius 3 is 2.52 bits per heavy atom. The highest BCUT2D eigenvalue weighted by Crippen LogP contribution is 2.33. The molecule has 1 atom stereocenters. The first-order valence-electron chi connectivity index (χ1n) is 10.5. The Kier molecular flexibility index (Phi) is 5.48. The monoisotopic (exact) mass is 422 g/mol. The topological polar surface area (TPSA) is 73.1 Å². The molecule has 2 aliphatic rings. The molecule has 2 aromatic carbocycles. The number of nitrogens with zero attached hydrogens (tertiary/aromatic N) is 4. The number of hydrogen-bond acceptors (Lipinski definition) is 8. The van der Waals surface area contributed by atoms with Gasteiger partial charge in [-0.25, -0.2) is 0 Å². The van der Waals surface area contributed by atoms with E-state index in [9.17, 15) is 0 Å². The molecule has 3 aromatic rings. The maximum Gasteiger partial charge on any atom is 0.247 e. The van der Waals surface area contributed by atoms with Gasteiger partial charge in [0.1, 0.15) is 5.75 Å². The van der Waals surface area contributed by atoms with Crippen LogP contribution in [-0.4, -0.2) is 60.1 Å². The number of fused-ring (bicyclic) bond motifs is 1. The molecular formula is C23H26N4O4.